The van der Waals surface area contributed by atoms with Gasteiger partial charge in [0.2, 0.25) is 0 Å². The lowest BCUT2D eigenvalue weighted by Crippen LogP contribution is -2.30. The summed E-state index contributed by atoms with van der Waals surface area (Å²) in [6.07, 6.45) is 86.6. The van der Waals surface area contributed by atoms with Crippen molar-refractivity contribution in [1.29, 1.82) is 0 Å². The Kier molecular flexibility index (Phi) is 69.7. The van der Waals surface area contributed by atoms with Gasteiger partial charge in [-0.05, 0) is 148 Å². The van der Waals surface area contributed by atoms with E-state index in [0.29, 0.717) is 25.7 Å². The topological polar surface area (TPSA) is 237 Å². The zero-order valence-corrected chi connectivity index (χ0v) is 64.8. The molecule has 17 nitrogen and oxygen atoms in total. The van der Waals surface area contributed by atoms with E-state index < -0.39 is 97.5 Å². The summed E-state index contributed by atoms with van der Waals surface area (Å²) in [7, 11) is -10.0. The van der Waals surface area contributed by atoms with Gasteiger partial charge in [0.25, 0.3) is 0 Å². The van der Waals surface area contributed by atoms with Crippen molar-refractivity contribution >= 4 is 39.5 Å². The summed E-state index contributed by atoms with van der Waals surface area (Å²) < 4.78 is 68.3. The fourth-order valence-corrected chi connectivity index (χ4v) is 11.0. The molecular formula is C83H134O17P2. The van der Waals surface area contributed by atoms with Crippen molar-refractivity contribution in [3.8, 4) is 0 Å². The van der Waals surface area contributed by atoms with Crippen LogP contribution in [-0.2, 0) is 65.4 Å². The van der Waals surface area contributed by atoms with E-state index in [9.17, 15) is 43.2 Å². The molecule has 5 unspecified atom stereocenters. The number of carbonyl (C=O) groups is 4. The average molecular weight is 1470 g/mol. The van der Waals surface area contributed by atoms with Crippen molar-refractivity contribution in [2.75, 3.05) is 39.6 Å². The monoisotopic (exact) mass is 1460 g/mol. The second-order valence-corrected chi connectivity index (χ2v) is 27.7. The Morgan fingerprint density at radius 2 is 0.549 bits per heavy atom. The molecule has 0 fully saturated rings. The maximum Gasteiger partial charge on any atom is 0.472 e. The lowest BCUT2D eigenvalue weighted by atomic mass is 10.1. The van der Waals surface area contributed by atoms with Gasteiger partial charge in [0, 0.05) is 19.3 Å². The van der Waals surface area contributed by atoms with Crippen LogP contribution in [0.4, 0.5) is 0 Å². The molecule has 0 saturated heterocycles. The maximum atomic E-state index is 13.1. The molecule has 0 aliphatic carbocycles. The minimum atomic E-state index is -5.01. The Labute approximate surface area is 616 Å². The van der Waals surface area contributed by atoms with Gasteiger partial charge in [0.05, 0.1) is 32.8 Å². The number of phosphoric acid groups is 2. The van der Waals surface area contributed by atoms with Crippen LogP contribution in [0.3, 0.4) is 0 Å². The Morgan fingerprint density at radius 1 is 0.294 bits per heavy atom. The van der Waals surface area contributed by atoms with Gasteiger partial charge >= 0.3 is 39.5 Å². The number of rotatable bonds is 70. The quantitative estimate of drug-likeness (QED) is 0.0169. The van der Waals surface area contributed by atoms with Crippen molar-refractivity contribution in [3.63, 3.8) is 0 Å². The number of aliphatic hydroxyl groups excluding tert-OH is 1. The number of ether oxygens (including phenoxy) is 4. The maximum absolute atomic E-state index is 13.1. The Morgan fingerprint density at radius 3 is 0.873 bits per heavy atom. The van der Waals surface area contributed by atoms with E-state index in [1.54, 1.807) is 12.2 Å². The summed E-state index contributed by atoms with van der Waals surface area (Å²) in [4.78, 5) is 72.9. The van der Waals surface area contributed by atoms with Crippen LogP contribution in [-0.4, -0.2) is 96.7 Å². The van der Waals surface area contributed by atoms with Crippen LogP contribution in [0.25, 0.3) is 0 Å². The minimum absolute atomic E-state index is 0.0645. The second-order valence-electron chi connectivity index (χ2n) is 24.8. The highest BCUT2D eigenvalue weighted by Gasteiger charge is 2.30. The van der Waals surface area contributed by atoms with E-state index in [-0.39, 0.29) is 25.7 Å². The molecule has 0 saturated carbocycles. The molecule has 102 heavy (non-hydrogen) atoms. The molecule has 3 N–H and O–H groups in total. The number of hydrogen-bond donors (Lipinski definition) is 3. The van der Waals surface area contributed by atoms with Crippen LogP contribution in [0.15, 0.2) is 170 Å². The SMILES string of the molecule is CC/C=C\C/C=C\C/C=C\C/C=C\C/C=C\CC(=O)OC(COC(=O)CCCCCCCCC/C=C\C/C=C\C/C=C\CC)COP(=O)(O)OCC(O)COP(=O)(O)OCC(COC(=O)CCCCCC/C=C\C/C=C\C/C=C\C/C=C\CC)OC(=O)CCCCCCC/C=C\C/C=C\CCC. The molecule has 0 radical (unpaired) electrons. The number of phosphoric ester groups is 2. The number of aliphatic hydroxyl groups is 1. The van der Waals surface area contributed by atoms with Crippen LogP contribution in [0.2, 0.25) is 0 Å². The summed E-state index contributed by atoms with van der Waals surface area (Å²) in [5, 5.41) is 10.6. The predicted molar refractivity (Wildman–Crippen MR) is 417 cm³/mol. The molecule has 5 atom stereocenters. The first-order valence-electron chi connectivity index (χ1n) is 38.4. The van der Waals surface area contributed by atoms with Gasteiger partial charge in [-0.25, -0.2) is 9.13 Å². The molecule has 0 aromatic carbocycles. The van der Waals surface area contributed by atoms with Crippen LogP contribution in [0.1, 0.15) is 272 Å². The summed E-state index contributed by atoms with van der Waals surface area (Å²) in [5.74, 6) is -2.39. The third-order valence-electron chi connectivity index (χ3n) is 15.2. The summed E-state index contributed by atoms with van der Waals surface area (Å²) >= 11 is 0. The standard InChI is InChI=1S/C83H134O17P2/c1-5-9-13-17-21-25-29-33-36-38-41-44-47-51-55-59-63-67-80(85)93-73-78(99-82(87)69-65-61-57-53-49-43-32-28-24-20-16-12-8-4)75-97-101(89,90)95-71-77(84)72-96-102(91,92)98-76-79(100-83(88)70-66-62-58-54-50-46-40-35-31-27-23-19-15-11-7-3)74-94-81(86)68-64-60-56-52-48-45-42-39-37-34-30-26-22-18-14-10-6-2/h9-11,13-16,20-23,25-28,32-37,40-41,44,50,54,62,66,77-79,84H,5-8,12,17-19,24,29-31,38-39,42-43,45-49,51-53,55-61,63-65,67-76H2,1-4H3,(H,89,90)(H,91,92)/b13-9-,14-10-,15-11-,20-16-,25-21-,26-22-,27-23-,32-28-,36-33-,37-34-,40-35-,44-41-,54-50-,66-62-. The van der Waals surface area contributed by atoms with E-state index in [1.165, 1.54) is 0 Å². The van der Waals surface area contributed by atoms with Gasteiger partial charge in [-0.2, -0.15) is 0 Å². The van der Waals surface area contributed by atoms with Crippen LogP contribution in [0.5, 0.6) is 0 Å². The molecule has 19 heteroatoms. The van der Waals surface area contributed by atoms with E-state index in [1.807, 2.05) is 12.2 Å². The van der Waals surface area contributed by atoms with Gasteiger partial charge in [0.15, 0.2) is 12.2 Å². The Balaban J connectivity index is 5.46. The van der Waals surface area contributed by atoms with Crippen molar-refractivity contribution in [3.05, 3.63) is 170 Å². The fraction of sp³-hybridized carbons (Fsp3) is 0.614. The molecule has 0 aromatic rings. The molecule has 0 bridgehead atoms. The molecule has 0 aromatic heterocycles. The number of allylic oxidation sites excluding steroid dienone is 27. The lowest BCUT2D eigenvalue weighted by Gasteiger charge is -2.21. The molecular weight excluding hydrogens is 1330 g/mol. The van der Waals surface area contributed by atoms with E-state index >= 15 is 0 Å². The van der Waals surface area contributed by atoms with Crippen LogP contribution >= 0.6 is 15.6 Å². The number of hydrogen-bond acceptors (Lipinski definition) is 15. The highest BCUT2D eigenvalue weighted by molar-refractivity contribution is 7.47. The van der Waals surface area contributed by atoms with Gasteiger partial charge < -0.3 is 33.8 Å². The molecule has 578 valence electrons. The Hall–Kier alpha value is -5.58. The first-order valence-corrected chi connectivity index (χ1v) is 41.4. The van der Waals surface area contributed by atoms with Crippen molar-refractivity contribution in [2.45, 2.75) is 290 Å². The average Bonchev–Trinajstić information content (AvgIpc) is 0.907. The largest absolute Gasteiger partial charge is 0.472 e. The smallest absolute Gasteiger partial charge is 0.462 e. The summed E-state index contributed by atoms with van der Waals surface area (Å²) in [6.45, 7) is 4.27. The van der Waals surface area contributed by atoms with Crippen LogP contribution < -0.4 is 0 Å². The first kappa shape index (κ1) is 96.4. The molecule has 0 amide bonds. The van der Waals surface area contributed by atoms with Crippen molar-refractivity contribution in [1.82, 2.24) is 0 Å². The van der Waals surface area contributed by atoms with Gasteiger partial charge in [0.1, 0.15) is 19.3 Å². The lowest BCUT2D eigenvalue weighted by molar-refractivity contribution is -0.161. The molecule has 0 aliphatic rings. The number of esters is 4. The van der Waals surface area contributed by atoms with Crippen LogP contribution in [0, 0.1) is 0 Å². The Bertz CT molecular complexity index is 2600. The fourth-order valence-electron chi connectivity index (χ4n) is 9.46. The third kappa shape index (κ3) is 72.8. The third-order valence-corrected chi connectivity index (χ3v) is 17.1. The zero-order chi connectivity index (χ0) is 74.6. The van der Waals surface area contributed by atoms with Crippen molar-refractivity contribution < 1.29 is 80.2 Å². The number of carbonyl (C=O) groups excluding carboxylic acids is 4. The van der Waals surface area contributed by atoms with E-state index in [4.69, 9.17) is 37.0 Å². The molecule has 0 heterocycles. The summed E-state index contributed by atoms with van der Waals surface area (Å²) in [5.41, 5.74) is 0. The number of unbranched alkanes of at least 4 members (excludes halogenated alkanes) is 17. The minimum Gasteiger partial charge on any atom is -0.462 e. The molecule has 0 aliphatic heterocycles. The van der Waals surface area contributed by atoms with Gasteiger partial charge in [-0.3, -0.25) is 37.3 Å². The van der Waals surface area contributed by atoms with Crippen molar-refractivity contribution in [2.24, 2.45) is 0 Å². The highest BCUT2D eigenvalue weighted by atomic mass is 31.2. The van der Waals surface area contributed by atoms with Gasteiger partial charge in [-0.1, -0.05) is 268 Å². The zero-order valence-electron chi connectivity index (χ0n) is 63.0. The molecule has 0 rings (SSSR count). The van der Waals surface area contributed by atoms with E-state index in [0.717, 1.165) is 193 Å². The second kappa shape index (κ2) is 73.7. The van der Waals surface area contributed by atoms with E-state index in [2.05, 4.69) is 174 Å². The normalized spacial score (nSPS) is 14.9. The molecule has 0 spiro atoms. The summed E-state index contributed by atoms with van der Waals surface area (Å²) in [6, 6.07) is 0. The highest BCUT2D eigenvalue weighted by Crippen LogP contribution is 2.45. The first-order chi connectivity index (χ1) is 49.7. The van der Waals surface area contributed by atoms with Gasteiger partial charge in [-0.15, -0.1) is 0 Å². The predicted octanol–water partition coefficient (Wildman–Crippen LogP) is 22.2.